The predicted octanol–water partition coefficient (Wildman–Crippen LogP) is 2.82. The van der Waals surface area contributed by atoms with Crippen molar-refractivity contribution in [1.29, 1.82) is 0 Å². The molecular weight excluding hydrogens is 312 g/mol. The molecule has 128 valence electrons. The second kappa shape index (κ2) is 6.59. The highest BCUT2D eigenvalue weighted by Gasteiger charge is 2.36. The fourth-order valence-corrected chi connectivity index (χ4v) is 3.71. The van der Waals surface area contributed by atoms with Gasteiger partial charge in [-0.3, -0.25) is 14.9 Å². The van der Waals surface area contributed by atoms with Gasteiger partial charge >= 0.3 is 6.09 Å². The van der Waals surface area contributed by atoms with Crippen LogP contribution in [-0.4, -0.2) is 41.4 Å². The molecule has 1 aromatic rings. The average molecular weight is 332 g/mol. The number of ether oxygens (including phenoxy) is 1. The first-order valence-electron chi connectivity index (χ1n) is 8.21. The predicted molar refractivity (Wildman–Crippen MR) is 85.9 cm³/mol. The molecule has 0 bridgehead atoms. The monoisotopic (exact) mass is 332 g/mol. The number of ketones is 1. The second-order valence-electron chi connectivity index (χ2n) is 6.38. The van der Waals surface area contributed by atoms with Gasteiger partial charge in [-0.2, -0.15) is 0 Å². The normalized spacial score (nSPS) is 23.0. The summed E-state index contributed by atoms with van der Waals surface area (Å²) >= 11 is 0. The van der Waals surface area contributed by atoms with Crippen LogP contribution in [0.4, 0.5) is 10.5 Å². The number of Topliss-reactive ketones (excluding diaryl/α,β-unsaturated/α-hetero) is 1. The molecule has 1 fully saturated rings. The van der Waals surface area contributed by atoms with Gasteiger partial charge in [0.2, 0.25) is 0 Å². The van der Waals surface area contributed by atoms with Crippen LogP contribution in [0.25, 0.3) is 0 Å². The van der Waals surface area contributed by atoms with Crippen molar-refractivity contribution in [2.24, 2.45) is 11.8 Å². The third-order valence-corrected chi connectivity index (χ3v) is 4.95. The molecule has 1 heterocycles. The quantitative estimate of drug-likeness (QED) is 0.613. The molecule has 0 spiro atoms. The van der Waals surface area contributed by atoms with Crippen molar-refractivity contribution in [2.75, 3.05) is 19.7 Å². The summed E-state index contributed by atoms with van der Waals surface area (Å²) < 4.78 is 5.07. The van der Waals surface area contributed by atoms with E-state index in [-0.39, 0.29) is 29.4 Å². The van der Waals surface area contributed by atoms with Crippen LogP contribution in [-0.2, 0) is 11.2 Å². The maximum atomic E-state index is 12.5. The van der Waals surface area contributed by atoms with Gasteiger partial charge in [0.05, 0.1) is 11.5 Å². The number of amides is 1. The third-order valence-electron chi connectivity index (χ3n) is 4.95. The summed E-state index contributed by atoms with van der Waals surface area (Å²) in [4.78, 5) is 36.6. The zero-order valence-corrected chi connectivity index (χ0v) is 13.6. The molecule has 2 aliphatic rings. The van der Waals surface area contributed by atoms with E-state index in [0.717, 1.165) is 12.0 Å². The Hall–Kier alpha value is -2.44. The van der Waals surface area contributed by atoms with Crippen LogP contribution in [0.15, 0.2) is 18.2 Å². The molecule has 1 aliphatic carbocycles. The summed E-state index contributed by atoms with van der Waals surface area (Å²) in [6, 6.07) is 4.51. The van der Waals surface area contributed by atoms with Gasteiger partial charge in [-0.1, -0.05) is 6.07 Å². The number of carbonyl (C=O) groups excluding carboxylic acids is 2. The van der Waals surface area contributed by atoms with E-state index in [2.05, 4.69) is 0 Å². The van der Waals surface area contributed by atoms with Crippen LogP contribution < -0.4 is 0 Å². The fraction of sp³-hybridized carbons (Fsp3) is 0.529. The number of likely N-dealkylation sites (tertiary alicyclic amines) is 1. The van der Waals surface area contributed by atoms with E-state index in [1.54, 1.807) is 17.9 Å². The molecule has 1 amide bonds. The minimum atomic E-state index is -0.478. The number of rotatable bonds is 2. The molecule has 7 nitrogen and oxygen atoms in total. The highest BCUT2D eigenvalue weighted by Crippen LogP contribution is 2.36. The van der Waals surface area contributed by atoms with E-state index < -0.39 is 4.92 Å². The molecule has 0 radical (unpaired) electrons. The maximum absolute atomic E-state index is 12.5. The van der Waals surface area contributed by atoms with Crippen LogP contribution in [0.3, 0.4) is 0 Å². The molecular formula is C17H20N2O5. The Balaban J connectivity index is 1.84. The van der Waals surface area contributed by atoms with Crippen molar-refractivity contribution in [1.82, 2.24) is 4.90 Å². The maximum Gasteiger partial charge on any atom is 0.409 e. The van der Waals surface area contributed by atoms with Gasteiger partial charge in [0.1, 0.15) is 0 Å². The molecule has 0 aromatic heterocycles. The van der Waals surface area contributed by atoms with Gasteiger partial charge in [0.15, 0.2) is 5.78 Å². The number of nitro benzene ring substituents is 1. The first kappa shape index (κ1) is 16.4. The Bertz CT molecular complexity index is 688. The van der Waals surface area contributed by atoms with Gasteiger partial charge in [0.25, 0.3) is 5.69 Å². The van der Waals surface area contributed by atoms with E-state index in [1.807, 2.05) is 0 Å². The van der Waals surface area contributed by atoms with E-state index in [9.17, 15) is 19.7 Å². The highest BCUT2D eigenvalue weighted by atomic mass is 16.6. The third kappa shape index (κ3) is 3.11. The Kier molecular flexibility index (Phi) is 4.51. The molecule has 7 heteroatoms. The lowest BCUT2D eigenvalue weighted by Crippen LogP contribution is -2.44. The molecule has 24 heavy (non-hydrogen) atoms. The Morgan fingerprint density at radius 1 is 1.38 bits per heavy atom. The van der Waals surface area contributed by atoms with Crippen molar-refractivity contribution >= 4 is 17.6 Å². The zero-order valence-electron chi connectivity index (χ0n) is 13.6. The van der Waals surface area contributed by atoms with Crippen molar-refractivity contribution in [3.8, 4) is 0 Å². The van der Waals surface area contributed by atoms with E-state index in [1.165, 1.54) is 12.1 Å². The summed E-state index contributed by atoms with van der Waals surface area (Å²) in [5, 5.41) is 10.9. The van der Waals surface area contributed by atoms with E-state index >= 15 is 0 Å². The number of nitrogens with zero attached hydrogens (tertiary/aromatic N) is 2. The smallest absolute Gasteiger partial charge is 0.409 e. The van der Waals surface area contributed by atoms with E-state index in [0.29, 0.717) is 38.1 Å². The number of non-ortho nitro benzene ring substituents is 1. The average Bonchev–Trinajstić information content (AvgIpc) is 2.69. The lowest BCUT2D eigenvalue weighted by atomic mass is 9.81. The first-order chi connectivity index (χ1) is 11.5. The SMILES string of the molecule is CCOC(=O)N1CC[C@@H]2CC(=O)c3cc([N+](=O)[O-])ccc3C[C@H]2C1. The number of nitro groups is 1. The highest BCUT2D eigenvalue weighted by molar-refractivity contribution is 5.98. The number of hydrogen-bond donors (Lipinski definition) is 0. The number of carbonyl (C=O) groups is 2. The van der Waals surface area contributed by atoms with Gasteiger partial charge < -0.3 is 9.64 Å². The zero-order chi connectivity index (χ0) is 17.3. The Morgan fingerprint density at radius 2 is 2.17 bits per heavy atom. The molecule has 1 aromatic carbocycles. The summed E-state index contributed by atoms with van der Waals surface area (Å²) in [6.07, 6.45) is 1.48. The number of fused-ring (bicyclic) bond motifs is 2. The van der Waals surface area contributed by atoms with Crippen LogP contribution in [0, 0.1) is 22.0 Å². The molecule has 0 saturated carbocycles. The largest absolute Gasteiger partial charge is 0.450 e. The van der Waals surface area contributed by atoms with Gasteiger partial charge in [-0.05, 0) is 37.2 Å². The first-order valence-corrected chi connectivity index (χ1v) is 8.21. The van der Waals surface area contributed by atoms with Crippen molar-refractivity contribution < 1.29 is 19.2 Å². The van der Waals surface area contributed by atoms with Crippen molar-refractivity contribution in [2.45, 2.75) is 26.2 Å². The number of benzene rings is 1. The molecule has 3 rings (SSSR count). The van der Waals surface area contributed by atoms with Gasteiger partial charge in [0, 0.05) is 37.2 Å². The van der Waals surface area contributed by atoms with Crippen LogP contribution >= 0.6 is 0 Å². The van der Waals surface area contributed by atoms with Crippen LogP contribution in [0.1, 0.15) is 35.7 Å². The molecule has 2 atom stereocenters. The van der Waals surface area contributed by atoms with Crippen molar-refractivity contribution in [3.63, 3.8) is 0 Å². The molecule has 1 aliphatic heterocycles. The van der Waals surface area contributed by atoms with Crippen molar-refractivity contribution in [3.05, 3.63) is 39.4 Å². The lowest BCUT2D eigenvalue weighted by molar-refractivity contribution is -0.384. The Labute approximate surface area is 139 Å². The summed E-state index contributed by atoms with van der Waals surface area (Å²) in [7, 11) is 0. The summed E-state index contributed by atoms with van der Waals surface area (Å²) in [6.45, 7) is 3.27. The number of hydrogen-bond acceptors (Lipinski definition) is 5. The minimum absolute atomic E-state index is 0.0363. The topological polar surface area (TPSA) is 89.8 Å². The standard InChI is InChI=1S/C17H20N2O5/c1-2-24-17(21)18-6-5-11-8-16(20)15-9-14(19(22)23)4-3-12(15)7-13(11)10-18/h3-4,9,11,13H,2,5-8,10H2,1H3/t11-,13+/m1/s1. The lowest BCUT2D eigenvalue weighted by Gasteiger charge is -2.37. The summed E-state index contributed by atoms with van der Waals surface area (Å²) in [5.41, 5.74) is 1.24. The molecule has 0 N–H and O–H groups in total. The fourth-order valence-electron chi connectivity index (χ4n) is 3.71. The Morgan fingerprint density at radius 3 is 2.88 bits per heavy atom. The van der Waals surface area contributed by atoms with Crippen LogP contribution in [0.2, 0.25) is 0 Å². The summed E-state index contributed by atoms with van der Waals surface area (Å²) in [5.74, 6) is 0.343. The molecule has 0 unspecified atom stereocenters. The second-order valence-corrected chi connectivity index (χ2v) is 6.38. The van der Waals surface area contributed by atoms with Crippen LogP contribution in [0.5, 0.6) is 0 Å². The van der Waals surface area contributed by atoms with Gasteiger partial charge in [-0.15, -0.1) is 0 Å². The molecule has 1 saturated heterocycles. The minimum Gasteiger partial charge on any atom is -0.450 e. The van der Waals surface area contributed by atoms with E-state index in [4.69, 9.17) is 4.74 Å². The number of piperidine rings is 1. The van der Waals surface area contributed by atoms with Gasteiger partial charge in [-0.25, -0.2) is 4.79 Å².